The van der Waals surface area contributed by atoms with Gasteiger partial charge in [0.15, 0.2) is 5.83 Å². The van der Waals surface area contributed by atoms with Crippen molar-refractivity contribution in [3.8, 4) is 6.01 Å². The number of likely N-dealkylation sites (tertiary alicyclic amines) is 1. The molecule has 1 amide bonds. The third kappa shape index (κ3) is 5.93. The normalized spacial score (nSPS) is 20.6. The number of hydrogen-bond donors (Lipinski definition) is 1. The van der Waals surface area contributed by atoms with Gasteiger partial charge in [0.2, 0.25) is 6.54 Å². The van der Waals surface area contributed by atoms with E-state index in [1.807, 2.05) is 11.9 Å². The van der Waals surface area contributed by atoms with E-state index in [2.05, 4.69) is 26.5 Å². The maximum absolute atomic E-state index is 14.5. The number of amides is 1. The number of nitrogens with zero attached hydrogens (tertiary/aromatic N) is 8. The van der Waals surface area contributed by atoms with E-state index in [-0.39, 0.29) is 56.0 Å². The maximum Gasteiger partial charge on any atom is 0.418 e. The number of aryl methyl sites for hydroxylation is 1. The minimum Gasteiger partial charge on any atom is -0.462 e. The number of carbonyl (C=O) groups excluding carboxylic acids is 1. The summed E-state index contributed by atoms with van der Waals surface area (Å²) in [5.41, 5.74) is 1.24. The lowest BCUT2D eigenvalue weighted by Crippen LogP contribution is -2.57. The molecule has 11 nitrogen and oxygen atoms in total. The second kappa shape index (κ2) is 12.4. The lowest BCUT2D eigenvalue weighted by atomic mass is 9.98. The molecule has 0 unspecified atom stereocenters. The fraction of sp³-hybridized carbons (Fsp3) is 0.516. The van der Waals surface area contributed by atoms with Gasteiger partial charge in [-0.05, 0) is 51.4 Å². The van der Waals surface area contributed by atoms with Crippen molar-refractivity contribution in [3.63, 3.8) is 0 Å². The van der Waals surface area contributed by atoms with Crippen molar-refractivity contribution in [2.75, 3.05) is 62.7 Å². The highest BCUT2D eigenvalue weighted by Gasteiger charge is 2.40. The highest BCUT2D eigenvalue weighted by molar-refractivity contribution is 5.95. The fourth-order valence-electron chi connectivity index (χ4n) is 6.89. The van der Waals surface area contributed by atoms with Crippen LogP contribution in [-0.2, 0) is 23.9 Å². The first-order valence-corrected chi connectivity index (χ1v) is 15.2. The van der Waals surface area contributed by atoms with Gasteiger partial charge in [0.1, 0.15) is 18.5 Å². The van der Waals surface area contributed by atoms with Crippen LogP contribution in [0.15, 0.2) is 24.7 Å². The zero-order valence-corrected chi connectivity index (χ0v) is 25.7. The highest BCUT2D eigenvalue weighted by atomic mass is 19.4. The number of H-pyrrole nitrogens is 1. The number of carbonyl (C=O) groups is 1. The lowest BCUT2D eigenvalue weighted by Gasteiger charge is -2.41. The topological polar surface area (TPSA) is 98.1 Å². The zero-order chi connectivity index (χ0) is 32.7. The molecule has 2 atom stereocenters. The average molecular weight is 642 g/mol. The van der Waals surface area contributed by atoms with Crippen molar-refractivity contribution in [2.24, 2.45) is 0 Å². The predicted octanol–water partition coefficient (Wildman–Crippen LogP) is 4.14. The second-order valence-electron chi connectivity index (χ2n) is 12.1. The van der Waals surface area contributed by atoms with Crippen LogP contribution in [0.2, 0.25) is 0 Å². The van der Waals surface area contributed by atoms with Gasteiger partial charge in [-0.2, -0.15) is 28.2 Å². The number of halogens is 4. The van der Waals surface area contributed by atoms with Crippen molar-refractivity contribution >= 4 is 28.3 Å². The number of nitrogens with one attached hydrogen (secondary N) is 1. The van der Waals surface area contributed by atoms with Crippen LogP contribution in [0.5, 0.6) is 6.01 Å². The number of aromatic nitrogens is 4. The number of likely N-dealkylation sites (N-methyl/N-ethyl adjacent to an activating group) is 1. The molecule has 0 bridgehead atoms. The SMILES string of the molecule is [C-]#[N+]C[C@H]1CN(c2nc(OC[C@@H]3CCCN3C)nc3c2CCN(c2c(C(F)(F)F)c(C)cc4[nH]ncc24)C3)CCN1C(=O)C(=C)F. The first-order chi connectivity index (χ1) is 22.0. The van der Waals surface area contributed by atoms with E-state index in [9.17, 15) is 22.4 Å². The third-order valence-corrected chi connectivity index (χ3v) is 9.19. The van der Waals surface area contributed by atoms with Gasteiger partial charge >= 0.3 is 12.2 Å². The molecule has 244 valence electrons. The number of benzene rings is 1. The number of anilines is 2. The van der Waals surface area contributed by atoms with Crippen LogP contribution in [0, 0.1) is 13.5 Å². The summed E-state index contributed by atoms with van der Waals surface area (Å²) in [5, 5.41) is 7.19. The number of rotatable bonds is 7. The van der Waals surface area contributed by atoms with Gasteiger partial charge in [0.05, 0.1) is 35.2 Å². The molecule has 46 heavy (non-hydrogen) atoms. The molecule has 5 heterocycles. The van der Waals surface area contributed by atoms with E-state index >= 15 is 0 Å². The van der Waals surface area contributed by atoms with Crippen molar-refractivity contribution in [1.29, 1.82) is 0 Å². The van der Waals surface area contributed by atoms with Gasteiger partial charge in [-0.1, -0.05) is 6.58 Å². The van der Waals surface area contributed by atoms with Crippen molar-refractivity contribution in [2.45, 2.75) is 51.0 Å². The van der Waals surface area contributed by atoms with Crippen LogP contribution in [0.25, 0.3) is 15.7 Å². The van der Waals surface area contributed by atoms with E-state index in [0.29, 0.717) is 42.0 Å². The Morgan fingerprint density at radius 1 is 1.20 bits per heavy atom. The minimum absolute atomic E-state index is 0.0395. The standard InChI is InChI=1S/C31H35F4N9O2/c1-18-12-24-23(14-37-40-24)27(26(18)31(33,34)35)42-9-7-22-25(16-42)38-30(46-17-20-6-5-8-41(20)4)39-28(22)43-10-11-44(29(45)19(2)32)21(15-43)13-36-3/h12,14,20-21H,2,5-11,13,15-17H2,1,4H3,(H,37,40)/t20-,21-/m0/s1. The van der Waals surface area contributed by atoms with Gasteiger partial charge in [0, 0.05) is 43.2 Å². The first kappa shape index (κ1) is 31.5. The van der Waals surface area contributed by atoms with E-state index in [1.54, 1.807) is 4.90 Å². The molecule has 0 radical (unpaired) electrons. The summed E-state index contributed by atoms with van der Waals surface area (Å²) < 4.78 is 63.4. The Hall–Kier alpha value is -4.45. The maximum atomic E-state index is 14.5. The van der Waals surface area contributed by atoms with Gasteiger partial charge < -0.3 is 29.2 Å². The number of alkyl halides is 3. The fourth-order valence-corrected chi connectivity index (χ4v) is 6.89. The lowest BCUT2D eigenvalue weighted by molar-refractivity contribution is -0.137. The van der Waals surface area contributed by atoms with E-state index in [4.69, 9.17) is 21.3 Å². The molecule has 2 aromatic heterocycles. The monoisotopic (exact) mass is 641 g/mol. The molecule has 1 aromatic carbocycles. The molecular weight excluding hydrogens is 606 g/mol. The Morgan fingerprint density at radius 2 is 2.00 bits per heavy atom. The van der Waals surface area contributed by atoms with Crippen LogP contribution in [0.4, 0.5) is 29.1 Å². The van der Waals surface area contributed by atoms with E-state index in [1.165, 1.54) is 24.1 Å². The summed E-state index contributed by atoms with van der Waals surface area (Å²) in [6.07, 6.45) is -0.826. The van der Waals surface area contributed by atoms with Crippen LogP contribution < -0.4 is 14.5 Å². The molecular formula is C31H35F4N9O2. The first-order valence-electron chi connectivity index (χ1n) is 15.2. The summed E-state index contributed by atoms with van der Waals surface area (Å²) in [6.45, 7) is 14.3. The summed E-state index contributed by atoms with van der Waals surface area (Å²) >= 11 is 0. The molecule has 0 spiro atoms. The Morgan fingerprint density at radius 3 is 2.70 bits per heavy atom. The Labute approximate surface area is 263 Å². The minimum atomic E-state index is -4.59. The molecule has 15 heteroatoms. The second-order valence-corrected chi connectivity index (χ2v) is 12.1. The predicted molar refractivity (Wildman–Crippen MR) is 163 cm³/mol. The Kier molecular flexibility index (Phi) is 8.49. The largest absolute Gasteiger partial charge is 0.462 e. The zero-order valence-electron chi connectivity index (χ0n) is 25.7. The number of hydrogen-bond acceptors (Lipinski definition) is 8. The number of aromatic amines is 1. The molecule has 2 fully saturated rings. The summed E-state index contributed by atoms with van der Waals surface area (Å²) in [5.74, 6) is -1.38. The smallest absolute Gasteiger partial charge is 0.418 e. The molecule has 0 saturated carbocycles. The summed E-state index contributed by atoms with van der Waals surface area (Å²) in [6, 6.07) is 1.15. The van der Waals surface area contributed by atoms with Crippen LogP contribution in [-0.4, -0.2) is 101 Å². The highest BCUT2D eigenvalue weighted by Crippen LogP contribution is 2.44. The van der Waals surface area contributed by atoms with Crippen LogP contribution >= 0.6 is 0 Å². The van der Waals surface area contributed by atoms with E-state index < -0.39 is 29.5 Å². The van der Waals surface area contributed by atoms with Gasteiger partial charge in [-0.3, -0.25) is 9.89 Å². The quantitative estimate of drug-likeness (QED) is 0.234. The molecule has 2 saturated heterocycles. The molecule has 3 aliphatic rings. The molecule has 1 N–H and O–H groups in total. The van der Waals surface area contributed by atoms with Gasteiger partial charge in [-0.15, -0.1) is 0 Å². The molecule has 3 aromatic rings. The summed E-state index contributed by atoms with van der Waals surface area (Å²) in [4.78, 5) is 32.7. The molecule has 6 rings (SSSR count). The third-order valence-electron chi connectivity index (χ3n) is 9.19. The van der Waals surface area contributed by atoms with Gasteiger partial charge in [-0.25, -0.2) is 11.0 Å². The average Bonchev–Trinajstić information content (AvgIpc) is 3.66. The van der Waals surface area contributed by atoms with Gasteiger partial charge in [0.25, 0.3) is 5.91 Å². The molecule has 3 aliphatic heterocycles. The van der Waals surface area contributed by atoms with Crippen molar-refractivity contribution < 1.29 is 27.1 Å². The van der Waals surface area contributed by atoms with Crippen molar-refractivity contribution in [3.05, 3.63) is 58.5 Å². The Balaban J connectivity index is 1.38. The number of piperazine rings is 1. The number of fused-ring (bicyclic) bond motifs is 2. The van der Waals surface area contributed by atoms with Crippen LogP contribution in [0.3, 0.4) is 0 Å². The van der Waals surface area contributed by atoms with Crippen molar-refractivity contribution in [1.82, 2.24) is 30.0 Å². The number of ether oxygens (including phenoxy) is 1. The summed E-state index contributed by atoms with van der Waals surface area (Å²) in [7, 11) is 2.03. The van der Waals surface area contributed by atoms with Crippen LogP contribution in [0.1, 0.15) is 35.2 Å². The Bertz CT molecular complexity index is 1700. The molecule has 0 aliphatic carbocycles. The van der Waals surface area contributed by atoms with E-state index in [0.717, 1.165) is 24.9 Å².